The van der Waals surface area contributed by atoms with Crippen LogP contribution < -0.4 is 4.74 Å². The normalized spacial score (nSPS) is 13.8. The van der Waals surface area contributed by atoms with E-state index in [4.69, 9.17) is 4.74 Å². The van der Waals surface area contributed by atoms with Gasteiger partial charge in [0.15, 0.2) is 0 Å². The van der Waals surface area contributed by atoms with E-state index in [0.29, 0.717) is 17.6 Å². The first-order chi connectivity index (χ1) is 12.1. The maximum atomic E-state index is 13.4. The minimum absolute atomic E-state index is 0.0464. The number of hydrogen-bond donors (Lipinski definition) is 1. The lowest BCUT2D eigenvalue weighted by atomic mass is 10.2. The molecule has 1 aliphatic carbocycles. The third-order valence-electron chi connectivity index (χ3n) is 4.57. The number of ether oxygens (including phenoxy) is 1. The molecule has 1 aromatic heterocycles. The van der Waals surface area contributed by atoms with Crippen molar-refractivity contribution in [2.24, 2.45) is 0 Å². The number of nitrogens with one attached hydrogen (secondary N) is 1. The molecule has 2 aromatic carbocycles. The highest BCUT2D eigenvalue weighted by Crippen LogP contribution is 2.30. The first kappa shape index (κ1) is 15.7. The average Bonchev–Trinajstić information content (AvgIpc) is 3.38. The molecule has 128 valence electrons. The van der Waals surface area contributed by atoms with Crippen LogP contribution in [0.2, 0.25) is 0 Å². The second-order valence-electron chi connectivity index (χ2n) is 6.43. The number of carbonyl (C=O) groups is 1. The first-order valence-electron chi connectivity index (χ1n) is 8.36. The molecule has 0 atom stereocenters. The average molecular weight is 338 g/mol. The van der Waals surface area contributed by atoms with Crippen LogP contribution >= 0.6 is 0 Å². The summed E-state index contributed by atoms with van der Waals surface area (Å²) >= 11 is 0. The number of benzene rings is 2. The molecule has 0 saturated heterocycles. The minimum Gasteiger partial charge on any atom is -0.497 e. The zero-order valence-electron chi connectivity index (χ0n) is 14.0. The van der Waals surface area contributed by atoms with Crippen LogP contribution in [0.4, 0.5) is 4.39 Å². The molecular weight excluding hydrogens is 319 g/mol. The molecule has 0 aliphatic heterocycles. The number of aromatic nitrogens is 1. The SMILES string of the molecule is COc1ccc(CN(C(=O)c2cc3cc(F)ccc3[nH]2)C2CC2)cc1. The predicted molar refractivity (Wildman–Crippen MR) is 94.1 cm³/mol. The number of rotatable bonds is 5. The lowest BCUT2D eigenvalue weighted by Gasteiger charge is -2.22. The predicted octanol–water partition coefficient (Wildman–Crippen LogP) is 4.12. The fourth-order valence-electron chi connectivity index (χ4n) is 3.05. The lowest BCUT2D eigenvalue weighted by Crippen LogP contribution is -2.32. The summed E-state index contributed by atoms with van der Waals surface area (Å²) in [6.07, 6.45) is 2.05. The number of hydrogen-bond acceptors (Lipinski definition) is 2. The number of aromatic amines is 1. The molecule has 3 aromatic rings. The molecule has 0 bridgehead atoms. The fourth-order valence-corrected chi connectivity index (χ4v) is 3.05. The Kier molecular flexibility index (Phi) is 3.92. The molecule has 1 N–H and O–H groups in total. The van der Waals surface area contributed by atoms with Crippen LogP contribution in [0.1, 0.15) is 28.9 Å². The van der Waals surface area contributed by atoms with Gasteiger partial charge < -0.3 is 14.6 Å². The largest absolute Gasteiger partial charge is 0.497 e. The Balaban J connectivity index is 1.59. The Hall–Kier alpha value is -2.82. The van der Waals surface area contributed by atoms with Crippen molar-refractivity contribution in [2.45, 2.75) is 25.4 Å². The van der Waals surface area contributed by atoms with Crippen molar-refractivity contribution in [3.05, 3.63) is 65.6 Å². The second-order valence-corrected chi connectivity index (χ2v) is 6.43. The maximum absolute atomic E-state index is 13.4. The molecule has 1 heterocycles. The molecule has 4 nitrogen and oxygen atoms in total. The number of nitrogens with zero attached hydrogens (tertiary/aromatic N) is 1. The number of H-pyrrole nitrogens is 1. The summed E-state index contributed by atoms with van der Waals surface area (Å²) in [5, 5.41) is 0.712. The first-order valence-corrected chi connectivity index (χ1v) is 8.36. The maximum Gasteiger partial charge on any atom is 0.270 e. The molecule has 4 rings (SSSR count). The lowest BCUT2D eigenvalue weighted by molar-refractivity contribution is 0.0725. The van der Waals surface area contributed by atoms with Gasteiger partial charge >= 0.3 is 0 Å². The second kappa shape index (κ2) is 6.24. The molecule has 0 spiro atoms. The summed E-state index contributed by atoms with van der Waals surface area (Å²) in [5.41, 5.74) is 2.33. The van der Waals surface area contributed by atoms with Gasteiger partial charge in [-0.15, -0.1) is 0 Å². The summed E-state index contributed by atoms with van der Waals surface area (Å²) < 4.78 is 18.6. The Morgan fingerprint density at radius 3 is 2.64 bits per heavy atom. The number of amides is 1. The molecule has 5 heteroatoms. The highest BCUT2D eigenvalue weighted by atomic mass is 19.1. The van der Waals surface area contributed by atoms with Gasteiger partial charge in [0.1, 0.15) is 17.3 Å². The van der Waals surface area contributed by atoms with E-state index in [9.17, 15) is 9.18 Å². The molecule has 1 amide bonds. The van der Waals surface area contributed by atoms with Crippen LogP contribution in [-0.4, -0.2) is 28.9 Å². The van der Waals surface area contributed by atoms with Crippen LogP contribution in [0, 0.1) is 5.82 Å². The van der Waals surface area contributed by atoms with Crippen LogP contribution in [0.5, 0.6) is 5.75 Å². The number of methoxy groups -OCH3 is 1. The van der Waals surface area contributed by atoms with Gasteiger partial charge in [0.2, 0.25) is 0 Å². The molecule has 1 saturated carbocycles. The fraction of sp³-hybridized carbons (Fsp3) is 0.250. The van der Waals surface area contributed by atoms with Crippen molar-refractivity contribution in [3.8, 4) is 5.75 Å². The van der Waals surface area contributed by atoms with Crippen molar-refractivity contribution >= 4 is 16.8 Å². The van der Waals surface area contributed by atoms with Crippen molar-refractivity contribution in [1.82, 2.24) is 9.88 Å². The third kappa shape index (κ3) is 3.22. The van der Waals surface area contributed by atoms with E-state index in [1.165, 1.54) is 12.1 Å². The smallest absolute Gasteiger partial charge is 0.270 e. The minimum atomic E-state index is -0.303. The Morgan fingerprint density at radius 2 is 1.96 bits per heavy atom. The zero-order chi connectivity index (χ0) is 17.4. The Bertz CT molecular complexity index is 913. The summed E-state index contributed by atoms with van der Waals surface area (Å²) in [6.45, 7) is 0.553. The highest BCUT2D eigenvalue weighted by Gasteiger charge is 2.33. The van der Waals surface area contributed by atoms with Crippen LogP contribution in [0.25, 0.3) is 10.9 Å². The van der Waals surface area contributed by atoms with Gasteiger partial charge in [-0.3, -0.25) is 4.79 Å². The van der Waals surface area contributed by atoms with Crippen molar-refractivity contribution < 1.29 is 13.9 Å². The van der Waals surface area contributed by atoms with Crippen molar-refractivity contribution in [1.29, 1.82) is 0 Å². The Labute approximate surface area is 145 Å². The van der Waals surface area contributed by atoms with Gasteiger partial charge in [-0.05, 0) is 54.8 Å². The van der Waals surface area contributed by atoms with Gasteiger partial charge in [-0.2, -0.15) is 0 Å². The highest BCUT2D eigenvalue weighted by molar-refractivity contribution is 5.98. The summed E-state index contributed by atoms with van der Waals surface area (Å²) in [7, 11) is 1.63. The van der Waals surface area contributed by atoms with Crippen LogP contribution in [0.15, 0.2) is 48.5 Å². The molecule has 25 heavy (non-hydrogen) atoms. The number of halogens is 1. The van der Waals surface area contributed by atoms with Gasteiger partial charge in [-0.1, -0.05) is 12.1 Å². The van der Waals surface area contributed by atoms with Crippen LogP contribution in [0.3, 0.4) is 0 Å². The van der Waals surface area contributed by atoms with E-state index in [1.807, 2.05) is 29.2 Å². The van der Waals surface area contributed by atoms with Gasteiger partial charge in [0.25, 0.3) is 5.91 Å². The molecule has 0 unspecified atom stereocenters. The van der Waals surface area contributed by atoms with E-state index in [2.05, 4.69) is 4.98 Å². The van der Waals surface area contributed by atoms with Crippen molar-refractivity contribution in [3.63, 3.8) is 0 Å². The molecule has 1 fully saturated rings. The zero-order valence-corrected chi connectivity index (χ0v) is 14.0. The number of carbonyl (C=O) groups excluding carboxylic acids is 1. The summed E-state index contributed by atoms with van der Waals surface area (Å²) in [5.74, 6) is 0.448. The molecule has 0 radical (unpaired) electrons. The van der Waals surface area contributed by atoms with Gasteiger partial charge in [-0.25, -0.2) is 4.39 Å². The molecular formula is C20H19FN2O2. The Morgan fingerprint density at radius 1 is 1.20 bits per heavy atom. The third-order valence-corrected chi connectivity index (χ3v) is 4.57. The monoisotopic (exact) mass is 338 g/mol. The quantitative estimate of drug-likeness (QED) is 0.760. The van der Waals surface area contributed by atoms with Gasteiger partial charge in [0.05, 0.1) is 7.11 Å². The van der Waals surface area contributed by atoms with Crippen LogP contribution in [-0.2, 0) is 6.54 Å². The van der Waals surface area contributed by atoms with E-state index in [-0.39, 0.29) is 17.8 Å². The van der Waals surface area contributed by atoms with E-state index in [0.717, 1.165) is 29.7 Å². The van der Waals surface area contributed by atoms with Gasteiger partial charge in [0, 0.05) is 23.5 Å². The molecule has 1 aliphatic rings. The summed E-state index contributed by atoms with van der Waals surface area (Å²) in [4.78, 5) is 18.0. The topological polar surface area (TPSA) is 45.3 Å². The standard InChI is InChI=1S/C20H19FN2O2/c1-25-17-7-2-13(3-8-17)12-23(16-5-6-16)20(24)19-11-14-10-15(21)4-9-18(14)22-19/h2-4,7-11,16,22H,5-6,12H2,1H3. The number of fused-ring (bicyclic) bond motifs is 1. The van der Waals surface area contributed by atoms with E-state index < -0.39 is 0 Å². The summed E-state index contributed by atoms with van der Waals surface area (Å²) in [6, 6.07) is 14.2. The van der Waals surface area contributed by atoms with Crippen molar-refractivity contribution in [2.75, 3.05) is 7.11 Å². The van der Waals surface area contributed by atoms with E-state index in [1.54, 1.807) is 19.2 Å². The van der Waals surface area contributed by atoms with E-state index >= 15 is 0 Å².